The normalized spacial score (nSPS) is 21.7. The molecule has 1 heterocycles. The molecule has 2 unspecified atom stereocenters. The van der Waals surface area contributed by atoms with E-state index in [2.05, 4.69) is 11.0 Å². The highest BCUT2D eigenvalue weighted by atomic mass is 16.2. The Balaban J connectivity index is 2.13. The quantitative estimate of drug-likeness (QED) is 0.805. The van der Waals surface area contributed by atoms with E-state index in [1.807, 2.05) is 44.3 Å². The summed E-state index contributed by atoms with van der Waals surface area (Å²) < 4.78 is 0. The molecule has 0 aliphatic carbocycles. The number of nitriles is 1. The number of hydrogen-bond acceptors (Lipinski definition) is 3. The number of rotatable bonds is 2. The smallest absolute Gasteiger partial charge is 0.230 e. The summed E-state index contributed by atoms with van der Waals surface area (Å²) >= 11 is 0. The molecular formula is C15H19N3O. The fourth-order valence-electron chi connectivity index (χ4n) is 2.43. The first-order valence-corrected chi connectivity index (χ1v) is 6.57. The second-order valence-electron chi connectivity index (χ2n) is 5.07. The van der Waals surface area contributed by atoms with Crippen LogP contribution in [0.1, 0.15) is 18.4 Å². The lowest BCUT2D eigenvalue weighted by Crippen LogP contribution is -2.54. The van der Waals surface area contributed by atoms with Crippen molar-refractivity contribution < 1.29 is 4.79 Å². The number of likely N-dealkylation sites (N-methyl/N-ethyl adjacent to an activating group) is 1. The van der Waals surface area contributed by atoms with Crippen molar-refractivity contribution >= 4 is 5.91 Å². The van der Waals surface area contributed by atoms with Crippen LogP contribution in [0.15, 0.2) is 30.3 Å². The Morgan fingerprint density at radius 2 is 2.05 bits per heavy atom. The molecule has 1 amide bonds. The predicted octanol–water partition coefficient (Wildman–Crippen LogP) is 1.46. The molecule has 19 heavy (non-hydrogen) atoms. The largest absolute Gasteiger partial charge is 0.324 e. The van der Waals surface area contributed by atoms with Gasteiger partial charge in [-0.15, -0.1) is 0 Å². The molecule has 0 radical (unpaired) electrons. The molecule has 2 atom stereocenters. The average molecular weight is 257 g/mol. The van der Waals surface area contributed by atoms with E-state index >= 15 is 0 Å². The van der Waals surface area contributed by atoms with Gasteiger partial charge in [-0.25, -0.2) is 0 Å². The average Bonchev–Trinajstić information content (AvgIpc) is 2.46. The van der Waals surface area contributed by atoms with Crippen molar-refractivity contribution in [2.75, 3.05) is 26.7 Å². The Morgan fingerprint density at radius 3 is 2.68 bits per heavy atom. The summed E-state index contributed by atoms with van der Waals surface area (Å²) in [4.78, 5) is 16.3. The molecule has 1 aliphatic rings. The van der Waals surface area contributed by atoms with Crippen LogP contribution in [0.25, 0.3) is 0 Å². The molecular weight excluding hydrogens is 238 g/mol. The van der Waals surface area contributed by atoms with Crippen LogP contribution in [-0.2, 0) is 4.79 Å². The van der Waals surface area contributed by atoms with Crippen molar-refractivity contribution in [3.8, 4) is 6.07 Å². The molecule has 4 heteroatoms. The van der Waals surface area contributed by atoms with Crippen molar-refractivity contribution in [2.24, 2.45) is 0 Å². The van der Waals surface area contributed by atoms with E-state index in [4.69, 9.17) is 0 Å². The van der Waals surface area contributed by atoms with Gasteiger partial charge in [-0.05, 0) is 19.5 Å². The van der Waals surface area contributed by atoms with E-state index in [0.29, 0.717) is 13.1 Å². The van der Waals surface area contributed by atoms with E-state index < -0.39 is 0 Å². The van der Waals surface area contributed by atoms with Gasteiger partial charge in [0.15, 0.2) is 0 Å². The maximum atomic E-state index is 12.5. The molecule has 0 saturated carbocycles. The van der Waals surface area contributed by atoms with Crippen molar-refractivity contribution in [2.45, 2.75) is 18.9 Å². The fraction of sp³-hybridized carbons (Fsp3) is 0.467. The molecule has 0 N–H and O–H groups in total. The van der Waals surface area contributed by atoms with Crippen LogP contribution in [0.3, 0.4) is 0 Å². The van der Waals surface area contributed by atoms with Gasteiger partial charge in [0, 0.05) is 19.6 Å². The van der Waals surface area contributed by atoms with Gasteiger partial charge in [-0.2, -0.15) is 5.26 Å². The molecule has 0 aromatic heterocycles. The first-order valence-electron chi connectivity index (χ1n) is 6.57. The Labute approximate surface area is 114 Å². The first-order chi connectivity index (χ1) is 9.13. The topological polar surface area (TPSA) is 47.3 Å². The Kier molecular flexibility index (Phi) is 4.18. The van der Waals surface area contributed by atoms with E-state index in [-0.39, 0.29) is 17.9 Å². The lowest BCUT2D eigenvalue weighted by atomic mass is 9.98. The fourth-order valence-corrected chi connectivity index (χ4v) is 2.43. The van der Waals surface area contributed by atoms with Crippen LogP contribution in [0.5, 0.6) is 0 Å². The molecule has 2 rings (SSSR count). The highest BCUT2D eigenvalue weighted by Gasteiger charge is 2.31. The summed E-state index contributed by atoms with van der Waals surface area (Å²) in [6, 6.07) is 11.6. The van der Waals surface area contributed by atoms with Gasteiger partial charge in [-0.1, -0.05) is 30.3 Å². The summed E-state index contributed by atoms with van der Waals surface area (Å²) in [5.41, 5.74) is 1.00. The first kappa shape index (κ1) is 13.6. The number of amides is 1. The van der Waals surface area contributed by atoms with Crippen LogP contribution < -0.4 is 0 Å². The lowest BCUT2D eigenvalue weighted by molar-refractivity contribution is -0.135. The number of nitrogens with zero attached hydrogens (tertiary/aromatic N) is 3. The van der Waals surface area contributed by atoms with E-state index in [1.54, 1.807) is 4.90 Å². The summed E-state index contributed by atoms with van der Waals surface area (Å²) in [6.45, 7) is 3.99. The maximum absolute atomic E-state index is 12.5. The van der Waals surface area contributed by atoms with Crippen LogP contribution in [0, 0.1) is 11.3 Å². The van der Waals surface area contributed by atoms with Crippen molar-refractivity contribution in [1.82, 2.24) is 9.80 Å². The number of piperazine rings is 1. The number of carbonyl (C=O) groups excluding carboxylic acids is 1. The SMILES string of the molecule is CC(C(=O)N1CCN(C)CC1C#N)c1ccccc1. The molecule has 0 bridgehead atoms. The highest BCUT2D eigenvalue weighted by molar-refractivity contribution is 5.84. The van der Waals surface area contributed by atoms with E-state index in [9.17, 15) is 10.1 Å². The second-order valence-corrected chi connectivity index (χ2v) is 5.07. The van der Waals surface area contributed by atoms with Crippen LogP contribution in [0.2, 0.25) is 0 Å². The van der Waals surface area contributed by atoms with Gasteiger partial charge in [0.1, 0.15) is 6.04 Å². The van der Waals surface area contributed by atoms with Crippen molar-refractivity contribution in [3.05, 3.63) is 35.9 Å². The minimum atomic E-state index is -0.336. The molecule has 1 aliphatic heterocycles. The molecule has 4 nitrogen and oxygen atoms in total. The lowest BCUT2D eigenvalue weighted by Gasteiger charge is -2.37. The van der Waals surface area contributed by atoms with Gasteiger partial charge in [-0.3, -0.25) is 4.79 Å². The van der Waals surface area contributed by atoms with Gasteiger partial charge >= 0.3 is 0 Å². The zero-order valence-electron chi connectivity index (χ0n) is 11.4. The van der Waals surface area contributed by atoms with Crippen LogP contribution >= 0.6 is 0 Å². The molecule has 1 saturated heterocycles. The number of benzene rings is 1. The minimum Gasteiger partial charge on any atom is -0.324 e. The second kappa shape index (κ2) is 5.85. The Bertz CT molecular complexity index is 480. The molecule has 1 aromatic carbocycles. The minimum absolute atomic E-state index is 0.0471. The summed E-state index contributed by atoms with van der Waals surface area (Å²) in [7, 11) is 1.98. The van der Waals surface area contributed by atoms with Gasteiger partial charge in [0.2, 0.25) is 5.91 Å². The summed E-state index contributed by atoms with van der Waals surface area (Å²) in [6.07, 6.45) is 0. The zero-order valence-corrected chi connectivity index (χ0v) is 11.4. The van der Waals surface area contributed by atoms with E-state index in [1.165, 1.54) is 0 Å². The Hall–Kier alpha value is -1.86. The van der Waals surface area contributed by atoms with Crippen LogP contribution in [0.4, 0.5) is 0 Å². The third kappa shape index (κ3) is 2.94. The van der Waals surface area contributed by atoms with E-state index in [0.717, 1.165) is 12.1 Å². The van der Waals surface area contributed by atoms with Crippen molar-refractivity contribution in [3.63, 3.8) is 0 Å². The molecule has 1 aromatic rings. The van der Waals surface area contributed by atoms with Crippen molar-refractivity contribution in [1.29, 1.82) is 5.26 Å². The third-order valence-corrected chi connectivity index (χ3v) is 3.69. The van der Waals surface area contributed by atoms with Gasteiger partial charge < -0.3 is 9.80 Å². The molecule has 100 valence electrons. The number of hydrogen-bond donors (Lipinski definition) is 0. The predicted molar refractivity (Wildman–Crippen MR) is 73.5 cm³/mol. The summed E-state index contributed by atoms with van der Waals surface area (Å²) in [5, 5.41) is 9.21. The van der Waals surface area contributed by atoms with Crippen LogP contribution in [-0.4, -0.2) is 48.4 Å². The zero-order chi connectivity index (χ0) is 13.8. The van der Waals surface area contributed by atoms with Gasteiger partial charge in [0.25, 0.3) is 0 Å². The Morgan fingerprint density at radius 1 is 1.37 bits per heavy atom. The maximum Gasteiger partial charge on any atom is 0.230 e. The number of carbonyl (C=O) groups is 1. The molecule has 1 fully saturated rings. The highest BCUT2D eigenvalue weighted by Crippen LogP contribution is 2.20. The third-order valence-electron chi connectivity index (χ3n) is 3.69. The standard InChI is InChI=1S/C15H19N3O/c1-12(13-6-4-3-5-7-13)15(19)18-9-8-17(2)11-14(18)10-16/h3-7,12,14H,8-9,11H2,1-2H3. The summed E-state index contributed by atoms with van der Waals surface area (Å²) in [5.74, 6) is -0.147. The molecule has 0 spiro atoms. The monoisotopic (exact) mass is 257 g/mol. The van der Waals surface area contributed by atoms with Gasteiger partial charge in [0.05, 0.1) is 12.0 Å².